The third-order valence-electron chi connectivity index (χ3n) is 9.74. The van der Waals surface area contributed by atoms with Gasteiger partial charge in [0.05, 0.1) is 23.8 Å². The summed E-state index contributed by atoms with van der Waals surface area (Å²) in [5.74, 6) is -1.11. The maximum Gasteiger partial charge on any atom is 0.335 e. The highest BCUT2D eigenvalue weighted by atomic mass is 28.4. The van der Waals surface area contributed by atoms with Gasteiger partial charge in [-0.25, -0.2) is 9.78 Å². The zero-order chi connectivity index (χ0) is 34.5. The maximum absolute atomic E-state index is 14.7. The summed E-state index contributed by atoms with van der Waals surface area (Å²) in [5, 5.41) is 9.93. The minimum atomic E-state index is -2.12. The molecule has 1 atom stereocenters. The molecule has 1 aromatic heterocycles. The number of nitrogens with zero attached hydrogens (tertiary/aromatic N) is 4. The number of aromatic nitrogens is 2. The van der Waals surface area contributed by atoms with Crippen LogP contribution >= 0.6 is 0 Å². The maximum atomic E-state index is 14.7. The minimum absolute atomic E-state index is 0.00735. The number of unbranched alkanes of at least 4 members (excludes halogenated alkanes) is 2. The Morgan fingerprint density at radius 1 is 1.02 bits per heavy atom. The molecule has 0 saturated heterocycles. The number of aromatic carboxylic acids is 1. The van der Waals surface area contributed by atoms with E-state index in [1.54, 1.807) is 23.9 Å². The molecule has 2 aromatic carbocycles. The Morgan fingerprint density at radius 2 is 1.66 bits per heavy atom. The highest BCUT2D eigenvalue weighted by Gasteiger charge is 2.40. The van der Waals surface area contributed by atoms with Crippen LogP contribution in [-0.4, -0.2) is 76.3 Å². The average molecular weight is 661 g/mol. The van der Waals surface area contributed by atoms with Crippen LogP contribution < -0.4 is 0 Å². The van der Waals surface area contributed by atoms with E-state index in [0.717, 1.165) is 31.2 Å². The molecule has 0 saturated carbocycles. The standard InChI is InChI=1S/C37H52N4O5Si/c1-9-11-19-40(20-12-10-2)35(43)32-24-39(6)33(38-32)30-18-17-27(36(44)45)22-31(30)34(42)41-23-28-16-14-13-15-26(28)21-29(41)25-46-47(7,8)37(3,4)5/h13-18,22,24,29H,9-12,19-21,23,25H2,1-8H3,(H,44,45). The monoisotopic (exact) mass is 660 g/mol. The average Bonchev–Trinajstić information content (AvgIpc) is 3.43. The van der Waals surface area contributed by atoms with E-state index in [4.69, 9.17) is 9.41 Å². The number of carboxylic acid groups (broad SMARTS) is 1. The van der Waals surface area contributed by atoms with Crippen molar-refractivity contribution in [2.75, 3.05) is 19.7 Å². The summed E-state index contributed by atoms with van der Waals surface area (Å²) in [6.45, 7) is 17.3. The second-order valence-corrected chi connectivity index (χ2v) is 19.1. The van der Waals surface area contributed by atoms with Crippen molar-refractivity contribution in [3.8, 4) is 11.4 Å². The number of imidazole rings is 1. The van der Waals surface area contributed by atoms with E-state index in [1.807, 2.05) is 28.0 Å². The van der Waals surface area contributed by atoms with Crippen LogP contribution in [0, 0.1) is 0 Å². The van der Waals surface area contributed by atoms with Crippen LogP contribution in [0.5, 0.6) is 0 Å². The number of aryl methyl sites for hydroxylation is 1. The zero-order valence-corrected chi connectivity index (χ0v) is 30.4. The van der Waals surface area contributed by atoms with E-state index < -0.39 is 14.3 Å². The second kappa shape index (κ2) is 15.0. The Kier molecular flexibility index (Phi) is 11.5. The first-order valence-electron chi connectivity index (χ1n) is 16.9. The molecule has 1 unspecified atom stereocenters. The van der Waals surface area contributed by atoms with E-state index in [1.165, 1.54) is 17.7 Å². The van der Waals surface area contributed by atoms with Gasteiger partial charge in [-0.05, 0) is 66.7 Å². The number of rotatable bonds is 13. The second-order valence-electron chi connectivity index (χ2n) is 14.3. The number of carbonyl (C=O) groups is 3. The summed E-state index contributed by atoms with van der Waals surface area (Å²) in [5.41, 5.74) is 3.29. The summed E-state index contributed by atoms with van der Waals surface area (Å²) >= 11 is 0. The van der Waals surface area contributed by atoms with Crippen LogP contribution in [0.15, 0.2) is 48.7 Å². The topological polar surface area (TPSA) is 105 Å². The summed E-state index contributed by atoms with van der Waals surface area (Å²) in [6.07, 6.45) is 6.11. The molecule has 10 heteroatoms. The van der Waals surface area contributed by atoms with Crippen LogP contribution in [0.4, 0.5) is 0 Å². The smallest absolute Gasteiger partial charge is 0.335 e. The Labute approximate surface area is 281 Å². The number of carboxylic acids is 1. The fourth-order valence-corrected chi connectivity index (χ4v) is 6.74. The Balaban J connectivity index is 1.75. The molecule has 254 valence electrons. The van der Waals surface area contributed by atoms with Gasteiger partial charge in [0.15, 0.2) is 8.32 Å². The largest absolute Gasteiger partial charge is 0.478 e. The normalized spacial score (nSPS) is 15.0. The van der Waals surface area contributed by atoms with E-state index in [2.05, 4.69) is 53.8 Å². The van der Waals surface area contributed by atoms with Crippen molar-refractivity contribution >= 4 is 26.1 Å². The fraction of sp³-hybridized carbons (Fsp3) is 0.514. The summed E-state index contributed by atoms with van der Waals surface area (Å²) in [4.78, 5) is 48.9. The van der Waals surface area contributed by atoms with E-state index in [-0.39, 0.29) is 34.0 Å². The van der Waals surface area contributed by atoms with Crippen molar-refractivity contribution in [1.82, 2.24) is 19.4 Å². The summed E-state index contributed by atoms with van der Waals surface area (Å²) in [6, 6.07) is 12.5. The van der Waals surface area contributed by atoms with Gasteiger partial charge < -0.3 is 23.9 Å². The van der Waals surface area contributed by atoms with Crippen molar-refractivity contribution in [3.63, 3.8) is 0 Å². The van der Waals surface area contributed by atoms with Gasteiger partial charge in [-0.3, -0.25) is 9.59 Å². The van der Waals surface area contributed by atoms with Gasteiger partial charge in [0.1, 0.15) is 11.5 Å². The predicted molar refractivity (Wildman–Crippen MR) is 188 cm³/mol. The van der Waals surface area contributed by atoms with Crippen LogP contribution in [0.2, 0.25) is 18.1 Å². The molecule has 0 fully saturated rings. The van der Waals surface area contributed by atoms with Crippen LogP contribution in [-0.2, 0) is 24.4 Å². The van der Waals surface area contributed by atoms with E-state index >= 15 is 0 Å². The van der Waals surface area contributed by atoms with Crippen molar-refractivity contribution in [2.24, 2.45) is 7.05 Å². The van der Waals surface area contributed by atoms with Gasteiger partial charge in [-0.1, -0.05) is 71.7 Å². The summed E-state index contributed by atoms with van der Waals surface area (Å²) < 4.78 is 8.41. The molecule has 0 spiro atoms. The molecule has 2 amide bonds. The molecular weight excluding hydrogens is 609 g/mol. The molecule has 3 aromatic rings. The first kappa shape index (κ1) is 36.1. The van der Waals surface area contributed by atoms with Crippen LogP contribution in [0.3, 0.4) is 0 Å². The van der Waals surface area contributed by atoms with Gasteiger partial charge in [-0.2, -0.15) is 0 Å². The number of amides is 2. The highest BCUT2D eigenvalue weighted by molar-refractivity contribution is 6.74. The quantitative estimate of drug-likeness (QED) is 0.191. The van der Waals surface area contributed by atoms with E-state index in [0.29, 0.717) is 49.7 Å². The molecule has 0 radical (unpaired) electrons. The lowest BCUT2D eigenvalue weighted by Gasteiger charge is -2.41. The zero-order valence-electron chi connectivity index (χ0n) is 29.4. The van der Waals surface area contributed by atoms with Gasteiger partial charge in [0, 0.05) is 38.4 Å². The van der Waals surface area contributed by atoms with Crippen molar-refractivity contribution in [1.29, 1.82) is 0 Å². The number of benzene rings is 2. The Morgan fingerprint density at radius 3 is 2.26 bits per heavy atom. The third-order valence-corrected chi connectivity index (χ3v) is 14.2. The van der Waals surface area contributed by atoms with Gasteiger partial charge in [-0.15, -0.1) is 0 Å². The Bertz CT molecular complexity index is 1580. The SMILES string of the molecule is CCCCN(CCCC)C(=O)c1cn(C)c(-c2ccc(C(=O)O)cc2C(=O)N2Cc3ccccc3CC2CO[Si](C)(C)C(C)(C)C)n1. The lowest BCUT2D eigenvalue weighted by Crippen LogP contribution is -2.50. The van der Waals surface area contributed by atoms with Crippen molar-refractivity contribution in [3.05, 3.63) is 76.6 Å². The fourth-order valence-electron chi connectivity index (χ4n) is 5.69. The third kappa shape index (κ3) is 8.21. The number of hydrogen-bond donors (Lipinski definition) is 1. The predicted octanol–water partition coefficient (Wildman–Crippen LogP) is 7.42. The number of carbonyl (C=O) groups excluding carboxylic acids is 2. The Hall–Kier alpha value is -3.76. The molecule has 47 heavy (non-hydrogen) atoms. The van der Waals surface area contributed by atoms with Crippen molar-refractivity contribution in [2.45, 2.75) is 97.4 Å². The van der Waals surface area contributed by atoms with Gasteiger partial charge in [0.25, 0.3) is 11.8 Å². The number of fused-ring (bicyclic) bond motifs is 1. The molecule has 9 nitrogen and oxygen atoms in total. The lowest BCUT2D eigenvalue weighted by molar-refractivity contribution is 0.0555. The molecular formula is C37H52N4O5Si. The molecule has 1 aliphatic rings. The molecule has 0 bridgehead atoms. The molecule has 4 rings (SSSR count). The molecule has 0 aliphatic carbocycles. The first-order chi connectivity index (χ1) is 22.2. The van der Waals surface area contributed by atoms with Gasteiger partial charge in [0.2, 0.25) is 0 Å². The lowest BCUT2D eigenvalue weighted by atomic mass is 9.92. The number of hydrogen-bond acceptors (Lipinski definition) is 5. The minimum Gasteiger partial charge on any atom is -0.478 e. The highest BCUT2D eigenvalue weighted by Crippen LogP contribution is 2.37. The first-order valence-corrected chi connectivity index (χ1v) is 19.8. The van der Waals surface area contributed by atoms with Gasteiger partial charge >= 0.3 is 5.97 Å². The summed E-state index contributed by atoms with van der Waals surface area (Å²) in [7, 11) is -0.319. The molecule has 2 heterocycles. The molecule has 1 N–H and O–H groups in total. The van der Waals surface area contributed by atoms with Crippen LogP contribution in [0.25, 0.3) is 11.4 Å². The van der Waals surface area contributed by atoms with Crippen LogP contribution in [0.1, 0.15) is 103 Å². The molecule has 1 aliphatic heterocycles. The van der Waals surface area contributed by atoms with Crippen molar-refractivity contribution < 1.29 is 23.9 Å². The van der Waals surface area contributed by atoms with E-state index in [9.17, 15) is 19.5 Å².